The van der Waals surface area contributed by atoms with Crippen molar-refractivity contribution in [2.75, 3.05) is 0 Å². The Morgan fingerprint density at radius 1 is 1.24 bits per heavy atom. The summed E-state index contributed by atoms with van der Waals surface area (Å²) < 4.78 is 5.50. The van der Waals surface area contributed by atoms with Gasteiger partial charge in [-0.05, 0) is 38.2 Å². The highest BCUT2D eigenvalue weighted by Gasteiger charge is 2.40. The Hall–Kier alpha value is -0.790. The van der Waals surface area contributed by atoms with E-state index in [0.29, 0.717) is 5.92 Å². The first-order chi connectivity index (χ1) is 8.08. The maximum atomic E-state index is 11.7. The van der Waals surface area contributed by atoms with E-state index in [1.54, 1.807) is 0 Å². The van der Waals surface area contributed by atoms with Gasteiger partial charge in [0.05, 0.1) is 5.92 Å². The number of esters is 1. The molecule has 0 radical (unpaired) electrons. The monoisotopic (exact) mass is 236 g/mol. The first kappa shape index (κ1) is 12.7. The molecule has 17 heavy (non-hydrogen) atoms. The molecule has 1 aliphatic carbocycles. The molecule has 2 heteroatoms. The van der Waals surface area contributed by atoms with Crippen molar-refractivity contribution in [2.24, 2.45) is 17.8 Å². The van der Waals surface area contributed by atoms with Crippen molar-refractivity contribution < 1.29 is 9.53 Å². The van der Waals surface area contributed by atoms with Gasteiger partial charge in [-0.1, -0.05) is 32.3 Å². The molecule has 1 aliphatic heterocycles. The van der Waals surface area contributed by atoms with E-state index in [1.807, 2.05) is 6.92 Å². The van der Waals surface area contributed by atoms with Gasteiger partial charge in [0.2, 0.25) is 0 Å². The Balaban J connectivity index is 2.16. The molecule has 0 spiro atoms. The van der Waals surface area contributed by atoms with Crippen LogP contribution in [0.15, 0.2) is 11.6 Å². The third kappa shape index (κ3) is 2.91. The van der Waals surface area contributed by atoms with Gasteiger partial charge in [-0.2, -0.15) is 0 Å². The summed E-state index contributed by atoms with van der Waals surface area (Å²) in [6.07, 6.45) is 8.33. The van der Waals surface area contributed by atoms with E-state index in [-0.39, 0.29) is 18.0 Å². The van der Waals surface area contributed by atoms with Crippen molar-refractivity contribution in [3.8, 4) is 0 Å². The van der Waals surface area contributed by atoms with Gasteiger partial charge in [-0.15, -0.1) is 0 Å². The lowest BCUT2D eigenvalue weighted by atomic mass is 9.82. The predicted octanol–water partition coefficient (Wildman–Crippen LogP) is 3.71. The minimum atomic E-state index is -0.00375. The second-order valence-corrected chi connectivity index (χ2v) is 5.94. The van der Waals surface area contributed by atoms with Gasteiger partial charge in [0, 0.05) is 5.92 Å². The number of fused-ring (bicyclic) bond motifs is 1. The van der Waals surface area contributed by atoms with E-state index < -0.39 is 0 Å². The van der Waals surface area contributed by atoms with Crippen LogP contribution in [0.5, 0.6) is 0 Å². The molecule has 2 nitrogen and oxygen atoms in total. The minimum Gasteiger partial charge on any atom is -0.458 e. The largest absolute Gasteiger partial charge is 0.458 e. The Morgan fingerprint density at radius 3 is 2.76 bits per heavy atom. The summed E-state index contributed by atoms with van der Waals surface area (Å²) in [6, 6.07) is 0. The van der Waals surface area contributed by atoms with Crippen LogP contribution in [-0.2, 0) is 9.53 Å². The maximum Gasteiger partial charge on any atom is 0.309 e. The van der Waals surface area contributed by atoms with Crippen LogP contribution in [0, 0.1) is 17.8 Å². The second-order valence-electron chi connectivity index (χ2n) is 5.94. The smallest absolute Gasteiger partial charge is 0.309 e. The van der Waals surface area contributed by atoms with Crippen LogP contribution in [-0.4, -0.2) is 12.1 Å². The van der Waals surface area contributed by atoms with Gasteiger partial charge in [-0.25, -0.2) is 0 Å². The molecule has 2 rings (SSSR count). The maximum absolute atomic E-state index is 11.7. The van der Waals surface area contributed by atoms with E-state index in [0.717, 1.165) is 18.8 Å². The summed E-state index contributed by atoms with van der Waals surface area (Å²) >= 11 is 0. The van der Waals surface area contributed by atoms with Crippen molar-refractivity contribution in [2.45, 2.75) is 59.0 Å². The number of allylic oxidation sites excluding steroid dienone is 1. The topological polar surface area (TPSA) is 26.3 Å². The normalized spacial score (nSPS) is 39.2. The zero-order valence-electron chi connectivity index (χ0n) is 11.2. The molecular formula is C15H24O2. The Bertz CT molecular complexity index is 319. The van der Waals surface area contributed by atoms with Crippen LogP contribution in [0.25, 0.3) is 0 Å². The fourth-order valence-electron chi connectivity index (χ4n) is 3.07. The number of carbonyl (C=O) groups is 1. The Kier molecular flexibility index (Phi) is 3.90. The van der Waals surface area contributed by atoms with Crippen LogP contribution in [0.3, 0.4) is 0 Å². The lowest BCUT2D eigenvalue weighted by molar-refractivity contribution is -0.142. The number of rotatable bonds is 0. The van der Waals surface area contributed by atoms with Crippen LogP contribution in [0.4, 0.5) is 0 Å². The van der Waals surface area contributed by atoms with Crippen molar-refractivity contribution in [3.63, 3.8) is 0 Å². The summed E-state index contributed by atoms with van der Waals surface area (Å²) in [4.78, 5) is 11.7. The van der Waals surface area contributed by atoms with E-state index in [1.165, 1.54) is 24.8 Å². The van der Waals surface area contributed by atoms with Crippen LogP contribution in [0.2, 0.25) is 0 Å². The summed E-state index contributed by atoms with van der Waals surface area (Å²) in [5.74, 6) is 1.26. The second kappa shape index (κ2) is 5.24. The Morgan fingerprint density at radius 2 is 2.00 bits per heavy atom. The molecule has 1 fully saturated rings. The van der Waals surface area contributed by atoms with Gasteiger partial charge in [0.15, 0.2) is 0 Å². The molecule has 0 saturated carbocycles. The average molecular weight is 236 g/mol. The van der Waals surface area contributed by atoms with Crippen molar-refractivity contribution in [1.82, 2.24) is 0 Å². The first-order valence-electron chi connectivity index (χ1n) is 6.95. The standard InChI is InChI=1S/C15H24O2/c1-10-5-4-6-11(2)9-14-13(8-7-10)12(3)15(16)17-14/h9-10,12-14H,4-8H2,1-3H3. The van der Waals surface area contributed by atoms with Gasteiger partial charge in [0.1, 0.15) is 6.10 Å². The van der Waals surface area contributed by atoms with Gasteiger partial charge < -0.3 is 4.74 Å². The third-order valence-corrected chi connectivity index (χ3v) is 4.40. The molecular weight excluding hydrogens is 212 g/mol. The lowest BCUT2D eigenvalue weighted by Crippen LogP contribution is -2.19. The van der Waals surface area contributed by atoms with Gasteiger partial charge >= 0.3 is 5.97 Å². The number of carbonyl (C=O) groups excluding carboxylic acids is 1. The highest BCUT2D eigenvalue weighted by atomic mass is 16.6. The number of ether oxygens (including phenoxy) is 1. The van der Waals surface area contributed by atoms with E-state index in [4.69, 9.17) is 4.74 Å². The third-order valence-electron chi connectivity index (χ3n) is 4.40. The van der Waals surface area contributed by atoms with Crippen LogP contribution < -0.4 is 0 Å². The zero-order valence-corrected chi connectivity index (χ0v) is 11.2. The zero-order chi connectivity index (χ0) is 12.4. The van der Waals surface area contributed by atoms with E-state index in [9.17, 15) is 4.79 Å². The minimum absolute atomic E-state index is 0.00375. The van der Waals surface area contributed by atoms with Gasteiger partial charge in [0.25, 0.3) is 0 Å². The summed E-state index contributed by atoms with van der Waals surface area (Å²) in [6.45, 7) is 6.52. The van der Waals surface area contributed by atoms with E-state index >= 15 is 0 Å². The molecule has 1 saturated heterocycles. The van der Waals surface area contributed by atoms with Crippen molar-refractivity contribution >= 4 is 5.97 Å². The molecule has 96 valence electrons. The summed E-state index contributed by atoms with van der Waals surface area (Å²) in [5, 5.41) is 0. The molecule has 0 bridgehead atoms. The number of hydrogen-bond donors (Lipinski definition) is 0. The molecule has 0 N–H and O–H groups in total. The molecule has 0 aromatic heterocycles. The number of hydrogen-bond acceptors (Lipinski definition) is 2. The molecule has 0 amide bonds. The van der Waals surface area contributed by atoms with Crippen LogP contribution >= 0.6 is 0 Å². The molecule has 4 unspecified atom stereocenters. The summed E-state index contributed by atoms with van der Waals surface area (Å²) in [7, 11) is 0. The highest BCUT2D eigenvalue weighted by Crippen LogP contribution is 2.35. The highest BCUT2D eigenvalue weighted by molar-refractivity contribution is 5.75. The van der Waals surface area contributed by atoms with E-state index in [2.05, 4.69) is 19.9 Å². The predicted molar refractivity (Wildman–Crippen MR) is 68.5 cm³/mol. The quantitative estimate of drug-likeness (QED) is 0.473. The van der Waals surface area contributed by atoms with Gasteiger partial charge in [-0.3, -0.25) is 4.79 Å². The lowest BCUT2D eigenvalue weighted by Gasteiger charge is -2.21. The Labute approximate surface area is 104 Å². The SMILES string of the molecule is CC1=CC2OC(=O)C(C)C2CCC(C)CCC1. The molecule has 4 atom stereocenters. The molecule has 0 aromatic rings. The first-order valence-corrected chi connectivity index (χ1v) is 6.95. The molecule has 1 heterocycles. The van der Waals surface area contributed by atoms with Crippen molar-refractivity contribution in [3.05, 3.63) is 11.6 Å². The fourth-order valence-corrected chi connectivity index (χ4v) is 3.07. The average Bonchev–Trinajstić information content (AvgIpc) is 2.52. The van der Waals surface area contributed by atoms with Crippen LogP contribution in [0.1, 0.15) is 52.9 Å². The summed E-state index contributed by atoms with van der Waals surface area (Å²) in [5.41, 5.74) is 1.39. The molecule has 2 aliphatic rings. The fraction of sp³-hybridized carbons (Fsp3) is 0.800. The molecule has 0 aromatic carbocycles. The van der Waals surface area contributed by atoms with Crippen molar-refractivity contribution in [1.29, 1.82) is 0 Å².